The Balaban J connectivity index is 2.08. The first-order valence-corrected chi connectivity index (χ1v) is 7.26. The number of fused-ring (bicyclic) bond motifs is 1. The highest BCUT2D eigenvalue weighted by Gasteiger charge is 2.09. The van der Waals surface area contributed by atoms with Crippen molar-refractivity contribution in [3.8, 4) is 5.75 Å². The van der Waals surface area contributed by atoms with E-state index in [2.05, 4.69) is 23.7 Å². The van der Waals surface area contributed by atoms with Gasteiger partial charge in [-0.3, -0.25) is 0 Å². The second kappa shape index (κ2) is 6.62. The molecule has 2 N–H and O–H groups in total. The van der Waals surface area contributed by atoms with Crippen LogP contribution in [0.25, 0.3) is 10.9 Å². The number of benzene rings is 1. The van der Waals surface area contributed by atoms with Gasteiger partial charge >= 0.3 is 0 Å². The van der Waals surface area contributed by atoms with Crippen molar-refractivity contribution in [2.45, 2.75) is 33.1 Å². The molecule has 0 saturated heterocycles. The molecule has 2 rings (SSSR count). The summed E-state index contributed by atoms with van der Waals surface area (Å²) in [7, 11) is 0. The Kier molecular flexibility index (Phi) is 4.86. The largest absolute Gasteiger partial charge is 0.507 e. The number of hydrogen-bond donors (Lipinski definition) is 2. The van der Waals surface area contributed by atoms with Crippen LogP contribution in [0.4, 0.5) is 0 Å². The SMILES string of the molecule is CCCN(CCC)CCc1c[nH]c2cccc(O)c12. The lowest BCUT2D eigenvalue weighted by Crippen LogP contribution is -2.27. The zero-order valence-corrected chi connectivity index (χ0v) is 11.9. The molecule has 0 fully saturated rings. The van der Waals surface area contributed by atoms with Gasteiger partial charge in [-0.15, -0.1) is 0 Å². The van der Waals surface area contributed by atoms with Crippen molar-refractivity contribution in [2.24, 2.45) is 0 Å². The molecule has 0 radical (unpaired) electrons. The van der Waals surface area contributed by atoms with E-state index < -0.39 is 0 Å². The van der Waals surface area contributed by atoms with Gasteiger partial charge in [0.25, 0.3) is 0 Å². The van der Waals surface area contributed by atoms with Gasteiger partial charge in [-0.25, -0.2) is 0 Å². The summed E-state index contributed by atoms with van der Waals surface area (Å²) in [4.78, 5) is 5.74. The van der Waals surface area contributed by atoms with E-state index in [4.69, 9.17) is 0 Å². The molecule has 0 aliphatic carbocycles. The van der Waals surface area contributed by atoms with Crippen LogP contribution in [0.1, 0.15) is 32.3 Å². The third-order valence-corrected chi connectivity index (χ3v) is 3.54. The molecule has 0 bridgehead atoms. The van der Waals surface area contributed by atoms with Crippen molar-refractivity contribution in [2.75, 3.05) is 19.6 Å². The van der Waals surface area contributed by atoms with Gasteiger partial charge in [-0.2, -0.15) is 0 Å². The number of phenols is 1. The van der Waals surface area contributed by atoms with E-state index in [0.29, 0.717) is 5.75 Å². The normalized spacial score (nSPS) is 11.5. The molecule has 1 aromatic carbocycles. The highest BCUT2D eigenvalue weighted by atomic mass is 16.3. The molecule has 0 aliphatic rings. The Morgan fingerprint density at radius 2 is 1.84 bits per heavy atom. The number of nitrogens with zero attached hydrogens (tertiary/aromatic N) is 1. The summed E-state index contributed by atoms with van der Waals surface area (Å²) in [5, 5.41) is 11.0. The molecule has 3 heteroatoms. The molecule has 104 valence electrons. The second-order valence-electron chi connectivity index (χ2n) is 5.11. The van der Waals surface area contributed by atoms with Gasteiger partial charge in [-0.1, -0.05) is 19.9 Å². The van der Waals surface area contributed by atoms with Crippen molar-refractivity contribution < 1.29 is 5.11 Å². The van der Waals surface area contributed by atoms with Crippen LogP contribution >= 0.6 is 0 Å². The monoisotopic (exact) mass is 260 g/mol. The Morgan fingerprint density at radius 3 is 2.53 bits per heavy atom. The molecule has 2 aromatic rings. The summed E-state index contributed by atoms with van der Waals surface area (Å²) < 4.78 is 0. The zero-order chi connectivity index (χ0) is 13.7. The fraction of sp³-hybridized carbons (Fsp3) is 0.500. The summed E-state index contributed by atoms with van der Waals surface area (Å²) >= 11 is 0. The van der Waals surface area contributed by atoms with E-state index in [1.54, 1.807) is 6.07 Å². The number of nitrogens with one attached hydrogen (secondary N) is 1. The van der Waals surface area contributed by atoms with Crippen molar-refractivity contribution in [1.29, 1.82) is 0 Å². The maximum absolute atomic E-state index is 9.98. The van der Waals surface area contributed by atoms with E-state index in [-0.39, 0.29) is 0 Å². The number of H-pyrrole nitrogens is 1. The van der Waals surface area contributed by atoms with Crippen LogP contribution < -0.4 is 0 Å². The lowest BCUT2D eigenvalue weighted by atomic mass is 10.1. The van der Waals surface area contributed by atoms with Gasteiger partial charge in [0.05, 0.1) is 0 Å². The van der Waals surface area contributed by atoms with Crippen LogP contribution in [-0.2, 0) is 6.42 Å². The maximum Gasteiger partial charge on any atom is 0.125 e. The number of aromatic amines is 1. The number of rotatable bonds is 7. The molecule has 3 nitrogen and oxygen atoms in total. The van der Waals surface area contributed by atoms with E-state index in [1.807, 2.05) is 18.3 Å². The highest BCUT2D eigenvalue weighted by Crippen LogP contribution is 2.27. The third-order valence-electron chi connectivity index (χ3n) is 3.54. The summed E-state index contributed by atoms with van der Waals surface area (Å²) in [6, 6.07) is 5.64. The molecule has 0 saturated carbocycles. The summed E-state index contributed by atoms with van der Waals surface area (Å²) in [6.45, 7) is 7.81. The molecule has 0 spiro atoms. The smallest absolute Gasteiger partial charge is 0.125 e. The molecule has 1 heterocycles. The minimum atomic E-state index is 0.381. The van der Waals surface area contributed by atoms with Gasteiger partial charge in [0, 0.05) is 23.6 Å². The number of phenolic OH excluding ortho intramolecular Hbond substituents is 1. The van der Waals surface area contributed by atoms with Crippen molar-refractivity contribution in [1.82, 2.24) is 9.88 Å². The van der Waals surface area contributed by atoms with Gasteiger partial charge in [0.1, 0.15) is 5.75 Å². The van der Waals surface area contributed by atoms with E-state index in [1.165, 1.54) is 18.4 Å². The van der Waals surface area contributed by atoms with Crippen LogP contribution in [-0.4, -0.2) is 34.6 Å². The number of aromatic hydroxyl groups is 1. The molecule has 19 heavy (non-hydrogen) atoms. The molecule has 1 aromatic heterocycles. The van der Waals surface area contributed by atoms with Crippen molar-refractivity contribution in [3.05, 3.63) is 30.0 Å². The van der Waals surface area contributed by atoms with Gasteiger partial charge in [-0.05, 0) is 50.0 Å². The second-order valence-corrected chi connectivity index (χ2v) is 5.11. The predicted molar refractivity (Wildman–Crippen MR) is 80.7 cm³/mol. The average Bonchev–Trinajstić information content (AvgIpc) is 2.81. The fourth-order valence-corrected chi connectivity index (χ4v) is 2.68. The fourth-order valence-electron chi connectivity index (χ4n) is 2.68. The summed E-state index contributed by atoms with van der Waals surface area (Å²) in [5.74, 6) is 0.381. The molecule has 0 aliphatic heterocycles. The van der Waals surface area contributed by atoms with Gasteiger partial charge in [0.2, 0.25) is 0 Å². The molecule has 0 atom stereocenters. The number of aromatic nitrogens is 1. The van der Waals surface area contributed by atoms with Crippen molar-refractivity contribution in [3.63, 3.8) is 0 Å². The van der Waals surface area contributed by atoms with Crippen molar-refractivity contribution >= 4 is 10.9 Å². The van der Waals surface area contributed by atoms with E-state index in [9.17, 15) is 5.11 Å². The first-order valence-electron chi connectivity index (χ1n) is 7.26. The van der Waals surface area contributed by atoms with Crippen LogP contribution in [0.2, 0.25) is 0 Å². The summed E-state index contributed by atoms with van der Waals surface area (Å²) in [6.07, 6.45) is 5.40. The molecule has 0 amide bonds. The van der Waals surface area contributed by atoms with Crippen LogP contribution in [0.15, 0.2) is 24.4 Å². The molecule has 0 unspecified atom stereocenters. The van der Waals surface area contributed by atoms with Gasteiger partial charge in [0.15, 0.2) is 0 Å². The quantitative estimate of drug-likeness (QED) is 0.799. The average molecular weight is 260 g/mol. The third kappa shape index (κ3) is 3.29. The zero-order valence-electron chi connectivity index (χ0n) is 11.9. The molecular formula is C16H24N2O. The Hall–Kier alpha value is -1.48. The maximum atomic E-state index is 9.98. The standard InChI is InChI=1S/C16H24N2O/c1-3-9-18(10-4-2)11-8-13-12-17-14-6-5-7-15(19)16(13)14/h5-7,12,17,19H,3-4,8-11H2,1-2H3. The highest BCUT2D eigenvalue weighted by molar-refractivity contribution is 5.88. The van der Waals surface area contributed by atoms with Crippen LogP contribution in [0, 0.1) is 0 Å². The summed E-state index contributed by atoms with van der Waals surface area (Å²) in [5.41, 5.74) is 2.23. The Labute approximate surface area is 115 Å². The first-order chi connectivity index (χ1) is 9.26. The minimum Gasteiger partial charge on any atom is -0.507 e. The van der Waals surface area contributed by atoms with Crippen LogP contribution in [0.5, 0.6) is 5.75 Å². The Morgan fingerprint density at radius 1 is 1.11 bits per heavy atom. The van der Waals surface area contributed by atoms with Gasteiger partial charge < -0.3 is 15.0 Å². The van der Waals surface area contributed by atoms with E-state index in [0.717, 1.165) is 37.0 Å². The lowest BCUT2D eigenvalue weighted by molar-refractivity contribution is 0.278. The Bertz CT molecular complexity index is 512. The topological polar surface area (TPSA) is 39.3 Å². The number of hydrogen-bond acceptors (Lipinski definition) is 2. The lowest BCUT2D eigenvalue weighted by Gasteiger charge is -2.20. The minimum absolute atomic E-state index is 0.381. The molecular weight excluding hydrogens is 236 g/mol. The van der Waals surface area contributed by atoms with Crippen LogP contribution in [0.3, 0.4) is 0 Å². The van der Waals surface area contributed by atoms with E-state index >= 15 is 0 Å². The predicted octanol–water partition coefficient (Wildman–Crippen LogP) is 3.54. The first kappa shape index (κ1) is 13.9.